The van der Waals surface area contributed by atoms with Crippen molar-refractivity contribution in [2.24, 2.45) is 0 Å². The zero-order chi connectivity index (χ0) is 7.28. The molecular weight excluding hydrogens is 118 g/mol. The van der Waals surface area contributed by atoms with E-state index in [4.69, 9.17) is 5.41 Å². The molecule has 0 saturated heterocycles. The summed E-state index contributed by atoms with van der Waals surface area (Å²) in [5, 5.41) is 6.90. The van der Waals surface area contributed by atoms with Gasteiger partial charge in [0.1, 0.15) is 0 Å². The molecule has 0 aliphatic heterocycles. The molecule has 1 N–H and O–H groups in total. The Morgan fingerprint density at radius 3 is 2.56 bits per heavy atom. The number of esters is 1. The van der Waals surface area contributed by atoms with E-state index in [-0.39, 0.29) is 12.4 Å². The highest BCUT2D eigenvalue weighted by Crippen LogP contribution is 1.86. The molecule has 0 fully saturated rings. The first-order chi connectivity index (χ1) is 4.16. The van der Waals surface area contributed by atoms with E-state index in [0.717, 1.165) is 0 Å². The van der Waals surface area contributed by atoms with Crippen LogP contribution in [0.25, 0.3) is 0 Å². The molecule has 0 bridgehead atoms. The molecule has 0 aliphatic rings. The Labute approximate surface area is 54.5 Å². The van der Waals surface area contributed by atoms with Crippen LogP contribution in [0.3, 0.4) is 0 Å². The molecule has 0 aliphatic carbocycles. The van der Waals surface area contributed by atoms with Crippen molar-refractivity contribution in [3.05, 3.63) is 0 Å². The Morgan fingerprint density at radius 2 is 2.22 bits per heavy atom. The molecule has 0 aromatic carbocycles. The molecule has 52 valence electrons. The van der Waals surface area contributed by atoms with Gasteiger partial charge in [0.15, 0.2) is 0 Å². The van der Waals surface area contributed by atoms with E-state index in [1.165, 1.54) is 0 Å². The van der Waals surface area contributed by atoms with Crippen molar-refractivity contribution in [1.82, 2.24) is 0 Å². The topological polar surface area (TPSA) is 50.2 Å². The van der Waals surface area contributed by atoms with Crippen LogP contribution in [0, 0.1) is 5.41 Å². The largest absolute Gasteiger partial charge is 0.466 e. The summed E-state index contributed by atoms with van der Waals surface area (Å²) in [6.45, 7) is 3.72. The van der Waals surface area contributed by atoms with Gasteiger partial charge in [-0.1, -0.05) is 0 Å². The number of ether oxygens (including phenoxy) is 1. The summed E-state index contributed by atoms with van der Waals surface area (Å²) < 4.78 is 4.57. The van der Waals surface area contributed by atoms with E-state index in [2.05, 4.69) is 4.74 Å². The number of carbonyl (C=O) groups is 1. The summed E-state index contributed by atoms with van der Waals surface area (Å²) in [7, 11) is 0. The zero-order valence-corrected chi connectivity index (χ0v) is 5.73. The standard InChI is InChI=1S/C6H11NO2/c1-3-9-6(8)4-5(2)7/h7H,3-4H2,1-2H3. The van der Waals surface area contributed by atoms with Crippen molar-refractivity contribution < 1.29 is 9.53 Å². The highest BCUT2D eigenvalue weighted by atomic mass is 16.5. The Kier molecular flexibility index (Phi) is 3.67. The average Bonchev–Trinajstić information content (AvgIpc) is 1.63. The van der Waals surface area contributed by atoms with Gasteiger partial charge in [0, 0.05) is 5.71 Å². The van der Waals surface area contributed by atoms with Crippen LogP contribution in [-0.2, 0) is 9.53 Å². The maximum atomic E-state index is 10.5. The van der Waals surface area contributed by atoms with Gasteiger partial charge >= 0.3 is 5.97 Å². The molecule has 0 spiro atoms. The maximum Gasteiger partial charge on any atom is 0.311 e. The molecule has 3 nitrogen and oxygen atoms in total. The molecule has 3 heteroatoms. The first-order valence-corrected chi connectivity index (χ1v) is 2.86. The van der Waals surface area contributed by atoms with Crippen LogP contribution in [-0.4, -0.2) is 18.3 Å². The van der Waals surface area contributed by atoms with Crippen molar-refractivity contribution in [1.29, 1.82) is 5.41 Å². The van der Waals surface area contributed by atoms with E-state index in [1.54, 1.807) is 13.8 Å². The fraction of sp³-hybridized carbons (Fsp3) is 0.667. The predicted molar refractivity (Wildman–Crippen MR) is 34.7 cm³/mol. The van der Waals surface area contributed by atoms with Crippen LogP contribution in [0.4, 0.5) is 0 Å². The second kappa shape index (κ2) is 4.06. The van der Waals surface area contributed by atoms with Gasteiger partial charge in [-0.25, -0.2) is 0 Å². The quantitative estimate of drug-likeness (QED) is 0.456. The average molecular weight is 129 g/mol. The number of hydrogen-bond acceptors (Lipinski definition) is 3. The van der Waals surface area contributed by atoms with E-state index in [9.17, 15) is 4.79 Å². The van der Waals surface area contributed by atoms with Gasteiger partial charge in [-0.3, -0.25) is 4.79 Å². The lowest BCUT2D eigenvalue weighted by atomic mass is 10.3. The molecule has 0 unspecified atom stereocenters. The van der Waals surface area contributed by atoms with Crippen LogP contribution in [0.2, 0.25) is 0 Å². The summed E-state index contributed by atoms with van der Waals surface area (Å²) in [5.41, 5.74) is 0.341. The number of nitrogens with one attached hydrogen (secondary N) is 1. The lowest BCUT2D eigenvalue weighted by molar-refractivity contribution is -0.141. The molecule has 0 aromatic heterocycles. The maximum absolute atomic E-state index is 10.5. The third-order valence-corrected chi connectivity index (χ3v) is 0.715. The second-order valence-electron chi connectivity index (χ2n) is 1.76. The molecule has 0 atom stereocenters. The summed E-state index contributed by atoms with van der Waals surface area (Å²) in [5.74, 6) is -0.315. The first-order valence-electron chi connectivity index (χ1n) is 2.86. The van der Waals surface area contributed by atoms with Crippen LogP contribution in [0.5, 0.6) is 0 Å². The van der Waals surface area contributed by atoms with E-state index < -0.39 is 0 Å². The van der Waals surface area contributed by atoms with Gasteiger partial charge in [-0.15, -0.1) is 0 Å². The molecule has 0 rings (SSSR count). The highest BCUT2D eigenvalue weighted by molar-refractivity contribution is 5.95. The molecule has 0 radical (unpaired) electrons. The summed E-state index contributed by atoms with van der Waals surface area (Å²) >= 11 is 0. The van der Waals surface area contributed by atoms with Crippen LogP contribution >= 0.6 is 0 Å². The van der Waals surface area contributed by atoms with Gasteiger partial charge in [0.2, 0.25) is 0 Å². The van der Waals surface area contributed by atoms with Crippen LogP contribution in [0.1, 0.15) is 20.3 Å². The monoisotopic (exact) mass is 129 g/mol. The fourth-order valence-corrected chi connectivity index (χ4v) is 0.429. The minimum absolute atomic E-state index is 0.119. The first kappa shape index (κ1) is 8.14. The minimum Gasteiger partial charge on any atom is -0.466 e. The fourth-order valence-electron chi connectivity index (χ4n) is 0.429. The summed E-state index contributed by atoms with van der Waals surface area (Å²) in [6.07, 6.45) is 0.119. The lowest BCUT2D eigenvalue weighted by Crippen LogP contribution is -2.07. The Morgan fingerprint density at radius 1 is 1.67 bits per heavy atom. The van der Waals surface area contributed by atoms with Crippen molar-refractivity contribution in [2.75, 3.05) is 6.61 Å². The number of carbonyl (C=O) groups excluding carboxylic acids is 1. The predicted octanol–water partition coefficient (Wildman–Crippen LogP) is 0.979. The smallest absolute Gasteiger partial charge is 0.311 e. The molecular formula is C6H11NO2. The van der Waals surface area contributed by atoms with Crippen molar-refractivity contribution in [3.63, 3.8) is 0 Å². The molecule has 0 aromatic rings. The van der Waals surface area contributed by atoms with Crippen LogP contribution < -0.4 is 0 Å². The zero-order valence-electron chi connectivity index (χ0n) is 5.73. The number of hydrogen-bond donors (Lipinski definition) is 1. The molecule has 0 saturated carbocycles. The van der Waals surface area contributed by atoms with Crippen LogP contribution in [0.15, 0.2) is 0 Å². The van der Waals surface area contributed by atoms with Crippen molar-refractivity contribution in [2.45, 2.75) is 20.3 Å². The third-order valence-electron chi connectivity index (χ3n) is 0.715. The Balaban J connectivity index is 3.39. The van der Waals surface area contributed by atoms with Gasteiger partial charge in [-0.2, -0.15) is 0 Å². The van der Waals surface area contributed by atoms with Gasteiger partial charge in [0.25, 0.3) is 0 Å². The van der Waals surface area contributed by atoms with Crippen molar-refractivity contribution in [3.8, 4) is 0 Å². The third kappa shape index (κ3) is 5.00. The molecule has 0 heterocycles. The molecule has 0 amide bonds. The molecule has 9 heavy (non-hydrogen) atoms. The van der Waals surface area contributed by atoms with E-state index in [1.807, 2.05) is 0 Å². The second-order valence-corrected chi connectivity index (χ2v) is 1.76. The SMILES string of the molecule is CCOC(=O)CC(C)=N. The lowest BCUT2D eigenvalue weighted by Gasteiger charge is -1.97. The number of rotatable bonds is 3. The van der Waals surface area contributed by atoms with Gasteiger partial charge in [-0.05, 0) is 13.8 Å². The van der Waals surface area contributed by atoms with Gasteiger partial charge in [0.05, 0.1) is 13.0 Å². The normalized spacial score (nSPS) is 8.67. The van der Waals surface area contributed by atoms with Crippen molar-refractivity contribution >= 4 is 11.7 Å². The van der Waals surface area contributed by atoms with Gasteiger partial charge < -0.3 is 10.1 Å². The highest BCUT2D eigenvalue weighted by Gasteiger charge is 2.00. The Hall–Kier alpha value is -0.860. The Bertz CT molecular complexity index is 120. The summed E-state index contributed by atoms with van der Waals surface area (Å²) in [6, 6.07) is 0. The summed E-state index contributed by atoms with van der Waals surface area (Å²) in [4.78, 5) is 10.5. The van der Waals surface area contributed by atoms with E-state index in [0.29, 0.717) is 12.3 Å². The minimum atomic E-state index is -0.315. The van der Waals surface area contributed by atoms with E-state index >= 15 is 0 Å².